The molecule has 1 aliphatic carbocycles. The van der Waals surface area contributed by atoms with Gasteiger partial charge in [0.25, 0.3) is 5.91 Å². The van der Waals surface area contributed by atoms with Crippen molar-refractivity contribution in [3.05, 3.63) is 57.6 Å². The van der Waals surface area contributed by atoms with Gasteiger partial charge in [-0.2, -0.15) is 5.26 Å². The predicted molar refractivity (Wildman–Crippen MR) is 120 cm³/mol. The van der Waals surface area contributed by atoms with E-state index in [-0.39, 0.29) is 36.3 Å². The zero-order valence-corrected chi connectivity index (χ0v) is 19.9. The Bertz CT molecular complexity index is 1140. The summed E-state index contributed by atoms with van der Waals surface area (Å²) in [5, 5.41) is 9.43. The lowest BCUT2D eigenvalue weighted by atomic mass is 9.49. The lowest BCUT2D eigenvalue weighted by Gasteiger charge is -2.65. The first-order valence-electron chi connectivity index (χ1n) is 10.8. The van der Waals surface area contributed by atoms with Gasteiger partial charge in [0.05, 0.1) is 28.4 Å². The highest BCUT2D eigenvalue weighted by molar-refractivity contribution is 6.31. The number of rotatable bonds is 4. The van der Waals surface area contributed by atoms with Crippen molar-refractivity contribution in [2.75, 3.05) is 0 Å². The van der Waals surface area contributed by atoms with E-state index in [1.165, 1.54) is 6.20 Å². The summed E-state index contributed by atoms with van der Waals surface area (Å²) in [6.07, 6.45) is 1.30. The number of hydrogen-bond donors (Lipinski definition) is 0. The highest BCUT2D eigenvalue weighted by Crippen LogP contribution is 2.59. The molecule has 0 bridgehead atoms. The summed E-state index contributed by atoms with van der Waals surface area (Å²) in [7, 11) is 0. The molecule has 0 radical (unpaired) electrons. The molecule has 5 nitrogen and oxygen atoms in total. The van der Waals surface area contributed by atoms with Crippen molar-refractivity contribution >= 4 is 17.5 Å². The van der Waals surface area contributed by atoms with Gasteiger partial charge in [-0.25, -0.2) is 4.39 Å². The van der Waals surface area contributed by atoms with E-state index in [1.54, 1.807) is 23.1 Å². The SMILES string of the molecule is CC(C)c1ncc2c(c1F)CN(C1C(C)(C)C(Oc3ccc(C#N)c(Cl)c3)C1(C)C)C2=O. The first-order chi connectivity index (χ1) is 14.9. The molecule has 0 N–H and O–H groups in total. The fraction of sp³-hybridized carbons (Fsp3) is 0.480. The van der Waals surface area contributed by atoms with Gasteiger partial charge < -0.3 is 9.64 Å². The van der Waals surface area contributed by atoms with Gasteiger partial charge in [0.1, 0.15) is 17.9 Å². The number of nitrogens with zero attached hydrogens (tertiary/aromatic N) is 3. The molecule has 0 spiro atoms. The van der Waals surface area contributed by atoms with Gasteiger partial charge in [-0.3, -0.25) is 9.78 Å². The fourth-order valence-electron chi connectivity index (χ4n) is 5.90. The summed E-state index contributed by atoms with van der Waals surface area (Å²) < 4.78 is 21.4. The Morgan fingerprint density at radius 1 is 1.28 bits per heavy atom. The third-order valence-electron chi connectivity index (χ3n) is 6.90. The molecule has 168 valence electrons. The number of halogens is 2. The first kappa shape index (κ1) is 22.5. The van der Waals surface area contributed by atoms with E-state index in [1.807, 2.05) is 19.9 Å². The average Bonchev–Trinajstić information content (AvgIpc) is 3.02. The van der Waals surface area contributed by atoms with Crippen LogP contribution in [0.4, 0.5) is 4.39 Å². The molecular weight excluding hydrogens is 429 g/mol. The number of aromatic nitrogens is 1. The molecule has 7 heteroatoms. The van der Waals surface area contributed by atoms with Crippen molar-refractivity contribution < 1.29 is 13.9 Å². The minimum absolute atomic E-state index is 0.0573. The number of ether oxygens (including phenoxy) is 1. The second kappa shape index (κ2) is 7.45. The normalized spacial score (nSPS) is 23.0. The lowest BCUT2D eigenvalue weighted by molar-refractivity contribution is -0.199. The molecule has 4 rings (SSSR count). The molecule has 1 fully saturated rings. The number of pyridine rings is 1. The summed E-state index contributed by atoms with van der Waals surface area (Å²) in [4.78, 5) is 19.2. The smallest absolute Gasteiger partial charge is 0.256 e. The zero-order valence-electron chi connectivity index (χ0n) is 19.2. The molecule has 1 aromatic carbocycles. The van der Waals surface area contributed by atoms with Gasteiger partial charge in [0.2, 0.25) is 0 Å². The molecule has 2 heterocycles. The van der Waals surface area contributed by atoms with E-state index in [0.717, 1.165) is 0 Å². The Balaban J connectivity index is 1.62. The summed E-state index contributed by atoms with van der Waals surface area (Å²) in [6.45, 7) is 12.2. The topological polar surface area (TPSA) is 66.2 Å². The van der Waals surface area contributed by atoms with E-state index in [0.29, 0.717) is 33.2 Å². The van der Waals surface area contributed by atoms with Crippen molar-refractivity contribution in [2.24, 2.45) is 10.8 Å². The zero-order chi connectivity index (χ0) is 23.6. The van der Waals surface area contributed by atoms with E-state index < -0.39 is 10.8 Å². The molecule has 1 aliphatic heterocycles. The molecule has 1 aromatic heterocycles. The van der Waals surface area contributed by atoms with E-state index in [2.05, 4.69) is 32.7 Å². The molecule has 32 heavy (non-hydrogen) atoms. The van der Waals surface area contributed by atoms with Crippen LogP contribution in [0.2, 0.25) is 5.02 Å². The van der Waals surface area contributed by atoms with Gasteiger partial charge in [-0.05, 0) is 18.1 Å². The maximum Gasteiger partial charge on any atom is 0.256 e. The van der Waals surface area contributed by atoms with Crippen LogP contribution in [-0.2, 0) is 6.54 Å². The van der Waals surface area contributed by atoms with Gasteiger partial charge in [-0.15, -0.1) is 0 Å². The fourth-order valence-corrected chi connectivity index (χ4v) is 6.11. The first-order valence-corrected chi connectivity index (χ1v) is 11.1. The molecular formula is C25H27ClFN3O2. The molecule has 1 amide bonds. The maximum atomic E-state index is 15.1. The van der Waals surface area contributed by atoms with Crippen LogP contribution in [-0.4, -0.2) is 27.9 Å². The van der Waals surface area contributed by atoms with Crippen LogP contribution in [0.1, 0.15) is 74.6 Å². The van der Waals surface area contributed by atoms with Crippen LogP contribution in [0.15, 0.2) is 24.4 Å². The third kappa shape index (κ3) is 3.17. The predicted octanol–water partition coefficient (Wildman–Crippen LogP) is 5.71. The molecule has 0 unspecified atom stereocenters. The summed E-state index contributed by atoms with van der Waals surface area (Å²) >= 11 is 6.17. The Morgan fingerprint density at radius 3 is 2.50 bits per heavy atom. The van der Waals surface area contributed by atoms with Crippen LogP contribution in [0, 0.1) is 28.0 Å². The number of nitriles is 1. The molecule has 0 atom stereocenters. The monoisotopic (exact) mass is 455 g/mol. The number of hydrogen-bond acceptors (Lipinski definition) is 4. The second-order valence-corrected chi connectivity index (χ2v) is 10.6. The Hall–Kier alpha value is -2.65. The van der Waals surface area contributed by atoms with Gasteiger partial charge in [0.15, 0.2) is 5.82 Å². The van der Waals surface area contributed by atoms with E-state index in [9.17, 15) is 4.79 Å². The van der Waals surface area contributed by atoms with Crippen LogP contribution in [0.25, 0.3) is 0 Å². The lowest BCUT2D eigenvalue weighted by Crippen LogP contribution is -2.74. The quantitative estimate of drug-likeness (QED) is 0.592. The Morgan fingerprint density at radius 2 is 1.94 bits per heavy atom. The van der Waals surface area contributed by atoms with Crippen molar-refractivity contribution in [3.8, 4) is 11.8 Å². The minimum atomic E-state index is -0.396. The van der Waals surface area contributed by atoms with E-state index in [4.69, 9.17) is 21.6 Å². The van der Waals surface area contributed by atoms with Crippen LogP contribution < -0.4 is 4.74 Å². The Kier molecular flexibility index (Phi) is 5.25. The van der Waals surface area contributed by atoms with Crippen LogP contribution in [0.5, 0.6) is 5.75 Å². The molecule has 2 aromatic rings. The van der Waals surface area contributed by atoms with Crippen molar-refractivity contribution in [1.82, 2.24) is 9.88 Å². The van der Waals surface area contributed by atoms with Gasteiger partial charge in [0, 0.05) is 34.7 Å². The minimum Gasteiger partial charge on any atom is -0.489 e. The van der Waals surface area contributed by atoms with Gasteiger partial charge in [-0.1, -0.05) is 53.1 Å². The standard InChI is InChI=1S/C25H27ClFN3O2/c1-13(2)20-19(27)17-12-30(21(31)16(17)11-29-20)22-24(3,4)23(25(22,5)6)32-15-8-7-14(10-28)18(26)9-15/h7-9,11,13,22-23H,12H2,1-6H3. The number of amides is 1. The summed E-state index contributed by atoms with van der Waals surface area (Å²) in [5.41, 5.74) is 0.772. The number of carbonyl (C=O) groups is 1. The van der Waals surface area contributed by atoms with Crippen molar-refractivity contribution in [1.29, 1.82) is 5.26 Å². The Labute approximate surface area is 193 Å². The molecule has 1 saturated carbocycles. The third-order valence-corrected chi connectivity index (χ3v) is 7.21. The largest absolute Gasteiger partial charge is 0.489 e. The highest BCUT2D eigenvalue weighted by atomic mass is 35.5. The van der Waals surface area contributed by atoms with E-state index >= 15 is 4.39 Å². The second-order valence-electron chi connectivity index (χ2n) is 10.2. The highest BCUT2D eigenvalue weighted by Gasteiger charge is 2.67. The molecule has 2 aliphatic rings. The number of fused-ring (bicyclic) bond motifs is 1. The molecule has 0 saturated heterocycles. The van der Waals surface area contributed by atoms with Crippen LogP contribution in [0.3, 0.4) is 0 Å². The van der Waals surface area contributed by atoms with Gasteiger partial charge >= 0.3 is 0 Å². The summed E-state index contributed by atoms with van der Waals surface area (Å²) in [5.74, 6) is -0.0412. The van der Waals surface area contributed by atoms with Crippen molar-refractivity contribution in [2.45, 2.75) is 66.2 Å². The maximum absolute atomic E-state index is 15.1. The number of benzene rings is 1. The average molecular weight is 456 g/mol. The number of carbonyl (C=O) groups excluding carboxylic acids is 1. The summed E-state index contributed by atoms with van der Waals surface area (Å²) in [6, 6.07) is 6.90. The van der Waals surface area contributed by atoms with Crippen molar-refractivity contribution in [3.63, 3.8) is 0 Å². The van der Waals surface area contributed by atoms with Crippen LogP contribution >= 0.6 is 11.6 Å².